The van der Waals surface area contributed by atoms with E-state index in [1.807, 2.05) is 30.3 Å². The minimum Gasteiger partial charge on any atom is -0.298 e. The van der Waals surface area contributed by atoms with E-state index >= 15 is 0 Å². The zero-order valence-electron chi connectivity index (χ0n) is 12.6. The Labute approximate surface area is 136 Å². The Hall–Kier alpha value is -2.21. The van der Waals surface area contributed by atoms with Gasteiger partial charge in [-0.15, -0.1) is 0 Å². The van der Waals surface area contributed by atoms with Gasteiger partial charge in [0.1, 0.15) is 0 Å². The van der Waals surface area contributed by atoms with Gasteiger partial charge in [-0.1, -0.05) is 50.1 Å². The Morgan fingerprint density at radius 1 is 1.14 bits per heavy atom. The lowest BCUT2D eigenvalue weighted by Gasteiger charge is -2.09. The summed E-state index contributed by atoms with van der Waals surface area (Å²) < 4.78 is 0. The van der Waals surface area contributed by atoms with Crippen LogP contribution >= 0.6 is 12.2 Å². The van der Waals surface area contributed by atoms with Gasteiger partial charge < -0.3 is 0 Å². The van der Waals surface area contributed by atoms with Crippen LogP contribution in [0.5, 0.6) is 0 Å². The van der Waals surface area contributed by atoms with Crippen molar-refractivity contribution in [3.63, 3.8) is 0 Å². The monoisotopic (exact) mass is 319 g/mol. The largest absolute Gasteiger partial charge is 0.298 e. The van der Waals surface area contributed by atoms with E-state index in [0.717, 1.165) is 24.8 Å². The molecule has 1 aromatic rings. The minimum absolute atomic E-state index is 0.0616. The van der Waals surface area contributed by atoms with E-state index in [0.29, 0.717) is 6.42 Å². The third-order valence-corrected chi connectivity index (χ3v) is 2.99. The summed E-state index contributed by atoms with van der Waals surface area (Å²) in [4.78, 5) is 23.1. The molecule has 0 aliphatic carbocycles. The van der Waals surface area contributed by atoms with E-state index < -0.39 is 0 Å². The van der Waals surface area contributed by atoms with Crippen molar-refractivity contribution in [3.8, 4) is 0 Å². The number of carbonyl (C=O) groups is 2. The molecule has 0 bridgehead atoms. The quantitative estimate of drug-likeness (QED) is 0.326. The first-order chi connectivity index (χ1) is 10.6. The normalized spacial score (nSPS) is 10.2. The lowest BCUT2D eigenvalue weighted by molar-refractivity contribution is -0.122. The molecule has 118 valence electrons. The third-order valence-electron chi connectivity index (χ3n) is 2.79. The summed E-state index contributed by atoms with van der Waals surface area (Å²) in [5.74, 6) is -0.508. The van der Waals surface area contributed by atoms with Crippen molar-refractivity contribution in [1.29, 1.82) is 0 Å². The average molecular weight is 319 g/mol. The SMILES string of the molecule is CCCCCC(=O)NNC(=S)NC(=O)/C=C/c1ccccc1. The summed E-state index contributed by atoms with van der Waals surface area (Å²) in [5.41, 5.74) is 5.87. The number of amides is 2. The number of rotatable bonds is 6. The number of carbonyl (C=O) groups excluding carboxylic acids is 2. The van der Waals surface area contributed by atoms with Crippen LogP contribution in [0.3, 0.4) is 0 Å². The van der Waals surface area contributed by atoms with Crippen LogP contribution in [0.25, 0.3) is 6.08 Å². The molecule has 0 radical (unpaired) electrons. The molecule has 0 heterocycles. The van der Waals surface area contributed by atoms with E-state index in [2.05, 4.69) is 23.1 Å². The van der Waals surface area contributed by atoms with Crippen molar-refractivity contribution >= 4 is 35.2 Å². The molecule has 0 saturated carbocycles. The maximum absolute atomic E-state index is 11.6. The van der Waals surface area contributed by atoms with Crippen LogP contribution in [0.4, 0.5) is 0 Å². The van der Waals surface area contributed by atoms with E-state index in [1.54, 1.807) is 6.08 Å². The summed E-state index contributed by atoms with van der Waals surface area (Å²) >= 11 is 4.92. The summed E-state index contributed by atoms with van der Waals surface area (Å²) in [7, 11) is 0. The first kappa shape index (κ1) is 17.8. The highest BCUT2D eigenvalue weighted by Crippen LogP contribution is 2.00. The second-order valence-electron chi connectivity index (χ2n) is 4.69. The molecule has 5 nitrogen and oxygen atoms in total. The lowest BCUT2D eigenvalue weighted by atomic mass is 10.2. The fourth-order valence-electron chi connectivity index (χ4n) is 1.65. The van der Waals surface area contributed by atoms with Crippen molar-refractivity contribution in [2.75, 3.05) is 0 Å². The molecule has 0 aromatic heterocycles. The highest BCUT2D eigenvalue weighted by molar-refractivity contribution is 7.80. The van der Waals surface area contributed by atoms with Crippen molar-refractivity contribution < 1.29 is 9.59 Å². The molecular weight excluding hydrogens is 298 g/mol. The van der Waals surface area contributed by atoms with E-state index in [1.165, 1.54) is 6.08 Å². The molecule has 1 rings (SSSR count). The zero-order valence-corrected chi connectivity index (χ0v) is 13.4. The molecule has 0 unspecified atom stereocenters. The fraction of sp³-hybridized carbons (Fsp3) is 0.312. The molecule has 22 heavy (non-hydrogen) atoms. The Morgan fingerprint density at radius 2 is 1.86 bits per heavy atom. The van der Waals surface area contributed by atoms with Gasteiger partial charge in [0.05, 0.1) is 0 Å². The van der Waals surface area contributed by atoms with Crippen molar-refractivity contribution in [2.45, 2.75) is 32.6 Å². The zero-order chi connectivity index (χ0) is 16.2. The minimum atomic E-state index is -0.360. The molecule has 0 aliphatic rings. The van der Waals surface area contributed by atoms with Gasteiger partial charge in [-0.3, -0.25) is 25.8 Å². The van der Waals surface area contributed by atoms with Crippen LogP contribution in [0.2, 0.25) is 0 Å². The van der Waals surface area contributed by atoms with E-state index in [9.17, 15) is 9.59 Å². The van der Waals surface area contributed by atoms with Crippen LogP contribution in [0.15, 0.2) is 36.4 Å². The maximum atomic E-state index is 11.6. The lowest BCUT2D eigenvalue weighted by Crippen LogP contribution is -2.48. The summed E-state index contributed by atoms with van der Waals surface area (Å²) in [6.07, 6.45) is 6.41. The van der Waals surface area contributed by atoms with Crippen LogP contribution < -0.4 is 16.2 Å². The topological polar surface area (TPSA) is 70.2 Å². The van der Waals surface area contributed by atoms with Gasteiger partial charge in [-0.2, -0.15) is 0 Å². The van der Waals surface area contributed by atoms with Gasteiger partial charge >= 0.3 is 0 Å². The highest BCUT2D eigenvalue weighted by atomic mass is 32.1. The first-order valence-electron chi connectivity index (χ1n) is 7.24. The van der Waals surface area contributed by atoms with Crippen molar-refractivity contribution in [3.05, 3.63) is 42.0 Å². The summed E-state index contributed by atoms with van der Waals surface area (Å²) in [6, 6.07) is 9.45. The summed E-state index contributed by atoms with van der Waals surface area (Å²) in [6.45, 7) is 2.07. The molecule has 6 heteroatoms. The number of hydrazine groups is 1. The van der Waals surface area contributed by atoms with Crippen molar-refractivity contribution in [2.24, 2.45) is 0 Å². The maximum Gasteiger partial charge on any atom is 0.250 e. The Morgan fingerprint density at radius 3 is 2.55 bits per heavy atom. The molecule has 0 aliphatic heterocycles. The molecule has 3 N–H and O–H groups in total. The highest BCUT2D eigenvalue weighted by Gasteiger charge is 2.03. The standard InChI is InChI=1S/C16H21N3O2S/c1-2-3-5-10-15(21)18-19-16(22)17-14(20)12-11-13-8-6-4-7-9-13/h4,6-9,11-12H,2-3,5,10H2,1H3,(H,18,21)(H2,17,19,20,22)/b12-11+. The van der Waals surface area contributed by atoms with Crippen LogP contribution in [0, 0.1) is 0 Å². The fourth-order valence-corrected chi connectivity index (χ4v) is 1.80. The van der Waals surface area contributed by atoms with E-state index in [4.69, 9.17) is 12.2 Å². The van der Waals surface area contributed by atoms with E-state index in [-0.39, 0.29) is 16.9 Å². The van der Waals surface area contributed by atoms with Gasteiger partial charge in [0.25, 0.3) is 0 Å². The predicted molar refractivity (Wildman–Crippen MR) is 91.6 cm³/mol. The number of hydrogen-bond donors (Lipinski definition) is 3. The average Bonchev–Trinajstić information content (AvgIpc) is 2.52. The number of benzene rings is 1. The van der Waals surface area contributed by atoms with Gasteiger partial charge in [0.15, 0.2) is 5.11 Å². The Balaban J connectivity index is 2.25. The van der Waals surface area contributed by atoms with Gasteiger partial charge in [-0.25, -0.2) is 0 Å². The molecule has 0 fully saturated rings. The predicted octanol–water partition coefficient (Wildman–Crippen LogP) is 2.30. The van der Waals surface area contributed by atoms with Crippen LogP contribution in [0.1, 0.15) is 38.2 Å². The Kier molecular flexibility index (Phi) is 8.52. The number of thiocarbonyl (C=S) groups is 1. The molecule has 0 atom stereocenters. The van der Waals surface area contributed by atoms with Gasteiger partial charge in [0, 0.05) is 12.5 Å². The molecule has 2 amide bonds. The van der Waals surface area contributed by atoms with Crippen molar-refractivity contribution in [1.82, 2.24) is 16.2 Å². The Bertz CT molecular complexity index is 529. The van der Waals surface area contributed by atoms with Gasteiger partial charge in [-0.05, 0) is 30.3 Å². The molecule has 0 saturated heterocycles. The smallest absolute Gasteiger partial charge is 0.250 e. The number of hydrogen-bond acceptors (Lipinski definition) is 3. The summed E-state index contributed by atoms with van der Waals surface area (Å²) in [5, 5.41) is 2.51. The first-order valence-corrected chi connectivity index (χ1v) is 7.65. The molecule has 1 aromatic carbocycles. The molecule has 0 spiro atoms. The number of unbranched alkanes of at least 4 members (excludes halogenated alkanes) is 2. The third kappa shape index (κ3) is 8.16. The van der Waals surface area contributed by atoms with Crippen LogP contribution in [-0.2, 0) is 9.59 Å². The number of nitrogens with one attached hydrogen (secondary N) is 3. The second kappa shape index (κ2) is 10.5. The second-order valence-corrected chi connectivity index (χ2v) is 5.10. The van der Waals surface area contributed by atoms with Gasteiger partial charge in [0.2, 0.25) is 11.8 Å². The molecular formula is C16H21N3O2S. The van der Waals surface area contributed by atoms with Crippen LogP contribution in [-0.4, -0.2) is 16.9 Å².